The molecule has 1 aliphatic rings. The summed E-state index contributed by atoms with van der Waals surface area (Å²) in [7, 11) is -6.03. The Bertz CT molecular complexity index is 831. The zero-order valence-corrected chi connectivity index (χ0v) is 17.5. The van der Waals surface area contributed by atoms with Gasteiger partial charge in [-0.1, -0.05) is 67.8 Å². The highest BCUT2D eigenvalue weighted by atomic mass is 32.2. The SMILES string of the molecule is F[B-](F)(F)F.c1ccc([S+](c2ccccc2)c2ccc(C3CCCCC3)cc2)cc1. The molecule has 0 aliphatic heterocycles. The maximum absolute atomic E-state index is 9.75. The van der Waals surface area contributed by atoms with Crippen LogP contribution in [0.2, 0.25) is 0 Å². The third-order valence-corrected chi connectivity index (χ3v) is 7.38. The lowest BCUT2D eigenvalue weighted by Crippen LogP contribution is -2.07. The Morgan fingerprint density at radius 1 is 0.567 bits per heavy atom. The van der Waals surface area contributed by atoms with E-state index < -0.39 is 7.25 Å². The minimum absolute atomic E-state index is 0.0278. The van der Waals surface area contributed by atoms with Gasteiger partial charge in [0.1, 0.15) is 0 Å². The highest BCUT2D eigenvalue weighted by Crippen LogP contribution is 2.35. The zero-order valence-electron chi connectivity index (χ0n) is 16.7. The van der Waals surface area contributed by atoms with Crippen LogP contribution in [0, 0.1) is 0 Å². The van der Waals surface area contributed by atoms with E-state index >= 15 is 0 Å². The number of hydrogen-bond acceptors (Lipinski definition) is 0. The van der Waals surface area contributed by atoms with Crippen molar-refractivity contribution in [2.45, 2.75) is 52.7 Å². The molecule has 0 nitrogen and oxygen atoms in total. The first-order valence-electron chi connectivity index (χ1n) is 10.2. The van der Waals surface area contributed by atoms with Gasteiger partial charge in [-0.25, -0.2) is 0 Å². The summed E-state index contributed by atoms with van der Waals surface area (Å²) < 4.78 is 39.0. The van der Waals surface area contributed by atoms with Crippen LogP contribution in [0.15, 0.2) is 99.6 Å². The summed E-state index contributed by atoms with van der Waals surface area (Å²) in [6, 6.07) is 31.3. The monoisotopic (exact) mass is 432 g/mol. The molecule has 0 bridgehead atoms. The van der Waals surface area contributed by atoms with E-state index in [1.807, 2.05) is 0 Å². The Balaban J connectivity index is 0.000000461. The van der Waals surface area contributed by atoms with Gasteiger partial charge < -0.3 is 17.3 Å². The van der Waals surface area contributed by atoms with E-state index in [9.17, 15) is 17.3 Å². The lowest BCUT2D eigenvalue weighted by atomic mass is 9.84. The Kier molecular flexibility index (Phi) is 8.03. The normalized spacial score (nSPS) is 14.8. The molecule has 0 N–H and O–H groups in total. The first-order chi connectivity index (χ1) is 14.4. The predicted molar refractivity (Wildman–Crippen MR) is 118 cm³/mol. The molecule has 3 aromatic carbocycles. The van der Waals surface area contributed by atoms with Crippen LogP contribution in [0.4, 0.5) is 17.3 Å². The molecule has 0 heterocycles. The molecule has 4 rings (SSSR count). The fourth-order valence-electron chi connectivity index (χ4n) is 3.83. The summed E-state index contributed by atoms with van der Waals surface area (Å²) in [6.07, 6.45) is 6.93. The fourth-order valence-corrected chi connectivity index (χ4v) is 5.92. The standard InChI is InChI=1S/C24H25S.BF4/c1-4-10-20(11-5-1)21-16-18-24(19-17-21)25(22-12-6-2-7-13-22)23-14-8-3-9-15-23;2-1(3,4)5/h2-3,6-9,12-20H,1,4-5,10-11H2;/q+1;-1. The zero-order chi connectivity index (χ0) is 21.4. The number of benzene rings is 3. The summed E-state index contributed by atoms with van der Waals surface area (Å²) in [6.45, 7) is 0. The fraction of sp³-hybridized carbons (Fsp3) is 0.250. The second-order valence-electron chi connectivity index (χ2n) is 7.33. The van der Waals surface area contributed by atoms with Crippen molar-refractivity contribution >= 4 is 18.1 Å². The average molecular weight is 432 g/mol. The molecule has 0 unspecified atom stereocenters. The lowest BCUT2D eigenvalue weighted by molar-refractivity contribution is 0.368. The van der Waals surface area contributed by atoms with Crippen molar-refractivity contribution in [3.8, 4) is 0 Å². The Hall–Kier alpha value is -2.21. The molecule has 0 radical (unpaired) electrons. The molecular weight excluding hydrogens is 407 g/mol. The van der Waals surface area contributed by atoms with Crippen LogP contribution in [0.25, 0.3) is 0 Å². The van der Waals surface area contributed by atoms with Crippen LogP contribution in [0.3, 0.4) is 0 Å². The minimum atomic E-state index is -6.00. The molecule has 158 valence electrons. The third kappa shape index (κ3) is 6.94. The van der Waals surface area contributed by atoms with Crippen molar-refractivity contribution in [2.75, 3.05) is 0 Å². The van der Waals surface area contributed by atoms with E-state index in [2.05, 4.69) is 84.9 Å². The van der Waals surface area contributed by atoms with Gasteiger partial charge in [-0.2, -0.15) is 0 Å². The topological polar surface area (TPSA) is 0 Å². The van der Waals surface area contributed by atoms with Gasteiger partial charge in [-0.05, 0) is 60.7 Å². The second kappa shape index (κ2) is 10.7. The van der Waals surface area contributed by atoms with E-state index in [4.69, 9.17) is 0 Å². The first kappa shape index (κ1) is 22.5. The van der Waals surface area contributed by atoms with Crippen LogP contribution in [-0.2, 0) is 10.9 Å². The van der Waals surface area contributed by atoms with Crippen molar-refractivity contribution in [3.05, 3.63) is 90.5 Å². The van der Waals surface area contributed by atoms with Crippen molar-refractivity contribution in [1.29, 1.82) is 0 Å². The van der Waals surface area contributed by atoms with Gasteiger partial charge in [-0.3, -0.25) is 0 Å². The molecule has 6 heteroatoms. The number of halogens is 4. The molecule has 3 aromatic rings. The Labute approximate surface area is 178 Å². The molecular formula is C24H25BF4S. The first-order valence-corrected chi connectivity index (χ1v) is 11.5. The van der Waals surface area contributed by atoms with Crippen molar-refractivity contribution < 1.29 is 17.3 Å². The molecule has 30 heavy (non-hydrogen) atoms. The van der Waals surface area contributed by atoms with Crippen molar-refractivity contribution in [2.24, 2.45) is 0 Å². The van der Waals surface area contributed by atoms with Crippen molar-refractivity contribution in [3.63, 3.8) is 0 Å². The van der Waals surface area contributed by atoms with E-state index in [0.717, 1.165) is 5.92 Å². The predicted octanol–water partition coefficient (Wildman–Crippen LogP) is 8.13. The molecule has 0 atom stereocenters. The molecule has 0 aromatic heterocycles. The van der Waals surface area contributed by atoms with Gasteiger partial charge in [-0.15, -0.1) is 0 Å². The smallest absolute Gasteiger partial charge is 0.418 e. The van der Waals surface area contributed by atoms with Crippen LogP contribution >= 0.6 is 0 Å². The molecule has 1 aliphatic carbocycles. The van der Waals surface area contributed by atoms with Crippen molar-refractivity contribution in [1.82, 2.24) is 0 Å². The summed E-state index contributed by atoms with van der Waals surface area (Å²) in [5.74, 6) is 0.776. The Morgan fingerprint density at radius 2 is 0.967 bits per heavy atom. The minimum Gasteiger partial charge on any atom is -0.418 e. The number of rotatable bonds is 4. The van der Waals surface area contributed by atoms with Gasteiger partial charge in [0.05, 0.1) is 10.9 Å². The van der Waals surface area contributed by atoms with Gasteiger partial charge in [0, 0.05) is 0 Å². The summed E-state index contributed by atoms with van der Waals surface area (Å²) in [4.78, 5) is 4.19. The summed E-state index contributed by atoms with van der Waals surface area (Å²) in [5, 5.41) is 0. The Morgan fingerprint density at radius 3 is 1.40 bits per heavy atom. The van der Waals surface area contributed by atoms with Crippen LogP contribution in [0.5, 0.6) is 0 Å². The molecule has 0 saturated heterocycles. The largest absolute Gasteiger partial charge is 0.673 e. The second-order valence-corrected chi connectivity index (χ2v) is 9.36. The summed E-state index contributed by atoms with van der Waals surface area (Å²) in [5.41, 5.74) is 1.54. The van der Waals surface area contributed by atoms with E-state index in [1.165, 1.54) is 52.4 Å². The average Bonchev–Trinajstić information content (AvgIpc) is 2.76. The van der Waals surface area contributed by atoms with Crippen LogP contribution < -0.4 is 0 Å². The summed E-state index contributed by atoms with van der Waals surface area (Å²) >= 11 is 0. The van der Waals surface area contributed by atoms with Crippen LogP contribution in [-0.4, -0.2) is 7.25 Å². The highest BCUT2D eigenvalue weighted by molar-refractivity contribution is 7.97. The number of hydrogen-bond donors (Lipinski definition) is 0. The van der Waals surface area contributed by atoms with Gasteiger partial charge in [0.2, 0.25) is 0 Å². The lowest BCUT2D eigenvalue weighted by Gasteiger charge is -2.22. The van der Waals surface area contributed by atoms with E-state index in [1.54, 1.807) is 0 Å². The maximum atomic E-state index is 9.75. The van der Waals surface area contributed by atoms with Gasteiger partial charge >= 0.3 is 7.25 Å². The molecule has 1 fully saturated rings. The molecule has 0 amide bonds. The maximum Gasteiger partial charge on any atom is 0.673 e. The van der Waals surface area contributed by atoms with Gasteiger partial charge in [0.15, 0.2) is 14.7 Å². The quantitative estimate of drug-likeness (QED) is 0.222. The van der Waals surface area contributed by atoms with Crippen LogP contribution in [0.1, 0.15) is 43.6 Å². The van der Waals surface area contributed by atoms with E-state index in [0.29, 0.717) is 0 Å². The van der Waals surface area contributed by atoms with E-state index in [-0.39, 0.29) is 10.9 Å². The third-order valence-electron chi connectivity index (χ3n) is 5.15. The van der Waals surface area contributed by atoms with Gasteiger partial charge in [0.25, 0.3) is 0 Å². The molecule has 0 spiro atoms. The molecule has 1 saturated carbocycles. The highest BCUT2D eigenvalue weighted by Gasteiger charge is 2.28.